The molecule has 1 atom stereocenters. The summed E-state index contributed by atoms with van der Waals surface area (Å²) in [6, 6.07) is 0.446. The molecule has 0 amide bonds. The van der Waals surface area contributed by atoms with Crippen LogP contribution < -0.4 is 5.32 Å². The first-order chi connectivity index (χ1) is 7.26. The molecule has 3 nitrogen and oxygen atoms in total. The highest BCUT2D eigenvalue weighted by atomic mass is 32.1. The summed E-state index contributed by atoms with van der Waals surface area (Å²) in [7, 11) is 1.75. The molecule has 15 heavy (non-hydrogen) atoms. The normalized spacial score (nSPS) is 13.0. The summed E-state index contributed by atoms with van der Waals surface area (Å²) >= 11 is 1.72. The van der Waals surface area contributed by atoms with Gasteiger partial charge in [0.1, 0.15) is 0 Å². The summed E-state index contributed by atoms with van der Waals surface area (Å²) in [6.07, 6.45) is 2.12. The maximum absolute atomic E-state index is 5.17. The van der Waals surface area contributed by atoms with Crippen molar-refractivity contribution in [3.05, 3.63) is 16.1 Å². The lowest BCUT2D eigenvalue weighted by atomic mass is 10.1. The van der Waals surface area contributed by atoms with Gasteiger partial charge in [0.25, 0.3) is 0 Å². The molecule has 86 valence electrons. The van der Waals surface area contributed by atoms with Gasteiger partial charge in [-0.15, -0.1) is 11.3 Å². The van der Waals surface area contributed by atoms with E-state index in [1.54, 1.807) is 18.4 Å². The fourth-order valence-electron chi connectivity index (χ4n) is 1.58. The summed E-state index contributed by atoms with van der Waals surface area (Å²) < 4.78 is 5.17. The van der Waals surface area contributed by atoms with Gasteiger partial charge in [-0.3, -0.25) is 0 Å². The minimum absolute atomic E-state index is 0.446. The molecule has 0 saturated carbocycles. The Balaban J connectivity index is 2.32. The Morgan fingerprint density at radius 1 is 1.60 bits per heavy atom. The number of ether oxygens (including phenoxy) is 1. The monoisotopic (exact) mass is 228 g/mol. The second-order valence-corrected chi connectivity index (χ2v) is 4.67. The number of rotatable bonds is 7. The van der Waals surface area contributed by atoms with Gasteiger partial charge >= 0.3 is 0 Å². The van der Waals surface area contributed by atoms with Crippen LogP contribution in [0.5, 0.6) is 0 Å². The van der Waals surface area contributed by atoms with Crippen molar-refractivity contribution in [2.24, 2.45) is 0 Å². The molecule has 1 unspecified atom stereocenters. The minimum atomic E-state index is 0.446. The standard InChI is InChI=1S/C11H20N2OS/c1-4-12-10(7-14-3)5-6-11-8-15-9(2)13-11/h8,10,12H,4-7H2,1-3H3. The van der Waals surface area contributed by atoms with Crippen LogP contribution >= 0.6 is 11.3 Å². The predicted molar refractivity (Wildman–Crippen MR) is 64.5 cm³/mol. The molecule has 1 heterocycles. The molecule has 0 saturated heterocycles. The molecule has 0 aliphatic rings. The fourth-order valence-corrected chi connectivity index (χ4v) is 2.23. The van der Waals surface area contributed by atoms with E-state index in [0.717, 1.165) is 31.0 Å². The van der Waals surface area contributed by atoms with Crippen LogP contribution in [0.2, 0.25) is 0 Å². The van der Waals surface area contributed by atoms with Crippen molar-refractivity contribution in [2.75, 3.05) is 20.3 Å². The van der Waals surface area contributed by atoms with E-state index in [0.29, 0.717) is 6.04 Å². The topological polar surface area (TPSA) is 34.2 Å². The van der Waals surface area contributed by atoms with Crippen LogP contribution in [0.3, 0.4) is 0 Å². The zero-order chi connectivity index (χ0) is 11.1. The van der Waals surface area contributed by atoms with Gasteiger partial charge in [-0.25, -0.2) is 4.98 Å². The van der Waals surface area contributed by atoms with Crippen molar-refractivity contribution in [1.82, 2.24) is 10.3 Å². The highest BCUT2D eigenvalue weighted by Crippen LogP contribution is 2.10. The number of hydrogen-bond donors (Lipinski definition) is 1. The molecular formula is C11H20N2OS. The highest BCUT2D eigenvalue weighted by Gasteiger charge is 2.07. The van der Waals surface area contributed by atoms with E-state index in [4.69, 9.17) is 4.74 Å². The van der Waals surface area contributed by atoms with Crippen LogP contribution in [0.4, 0.5) is 0 Å². The number of hydrogen-bond acceptors (Lipinski definition) is 4. The van der Waals surface area contributed by atoms with Crippen LogP contribution in [0.25, 0.3) is 0 Å². The van der Waals surface area contributed by atoms with Crippen molar-refractivity contribution >= 4 is 11.3 Å². The lowest BCUT2D eigenvalue weighted by Crippen LogP contribution is -2.33. The quantitative estimate of drug-likeness (QED) is 0.775. The Morgan fingerprint density at radius 3 is 2.93 bits per heavy atom. The Labute approximate surface area is 95.9 Å². The largest absolute Gasteiger partial charge is 0.383 e. The zero-order valence-electron chi connectivity index (χ0n) is 9.75. The van der Waals surface area contributed by atoms with E-state index in [9.17, 15) is 0 Å². The van der Waals surface area contributed by atoms with Gasteiger partial charge in [-0.05, 0) is 26.3 Å². The van der Waals surface area contributed by atoms with E-state index in [-0.39, 0.29) is 0 Å². The van der Waals surface area contributed by atoms with E-state index >= 15 is 0 Å². The van der Waals surface area contributed by atoms with Gasteiger partial charge in [-0.1, -0.05) is 6.92 Å². The van der Waals surface area contributed by atoms with Gasteiger partial charge in [0, 0.05) is 18.5 Å². The maximum atomic E-state index is 5.17. The van der Waals surface area contributed by atoms with Crippen LogP contribution in [0.1, 0.15) is 24.0 Å². The van der Waals surface area contributed by atoms with E-state index < -0.39 is 0 Å². The summed E-state index contributed by atoms with van der Waals surface area (Å²) in [5.74, 6) is 0. The van der Waals surface area contributed by atoms with Gasteiger partial charge in [0.05, 0.1) is 17.3 Å². The lowest BCUT2D eigenvalue weighted by molar-refractivity contribution is 0.163. The summed E-state index contributed by atoms with van der Waals surface area (Å²) in [5, 5.41) is 6.70. The van der Waals surface area contributed by atoms with Gasteiger partial charge in [0.2, 0.25) is 0 Å². The molecule has 4 heteroatoms. The zero-order valence-corrected chi connectivity index (χ0v) is 10.6. The second-order valence-electron chi connectivity index (χ2n) is 3.61. The summed E-state index contributed by atoms with van der Waals surface area (Å²) in [4.78, 5) is 4.45. The van der Waals surface area contributed by atoms with Crippen molar-refractivity contribution in [3.8, 4) is 0 Å². The van der Waals surface area contributed by atoms with Crippen molar-refractivity contribution in [1.29, 1.82) is 0 Å². The number of nitrogens with zero attached hydrogens (tertiary/aromatic N) is 1. The maximum Gasteiger partial charge on any atom is 0.0897 e. The van der Waals surface area contributed by atoms with Crippen LogP contribution in [-0.2, 0) is 11.2 Å². The predicted octanol–water partition coefficient (Wildman–Crippen LogP) is 2.01. The number of methoxy groups -OCH3 is 1. The molecule has 0 spiro atoms. The van der Waals surface area contributed by atoms with E-state index in [1.165, 1.54) is 5.69 Å². The number of aryl methyl sites for hydroxylation is 2. The van der Waals surface area contributed by atoms with Crippen LogP contribution in [0, 0.1) is 6.92 Å². The van der Waals surface area contributed by atoms with Crippen LogP contribution in [0.15, 0.2) is 5.38 Å². The number of nitrogens with one attached hydrogen (secondary N) is 1. The fraction of sp³-hybridized carbons (Fsp3) is 0.727. The Morgan fingerprint density at radius 2 is 2.40 bits per heavy atom. The third-order valence-corrected chi connectivity index (χ3v) is 3.10. The van der Waals surface area contributed by atoms with E-state index in [2.05, 4.69) is 22.6 Å². The van der Waals surface area contributed by atoms with Crippen molar-refractivity contribution in [2.45, 2.75) is 32.7 Å². The third-order valence-electron chi connectivity index (χ3n) is 2.28. The van der Waals surface area contributed by atoms with Crippen molar-refractivity contribution < 1.29 is 4.74 Å². The van der Waals surface area contributed by atoms with E-state index in [1.807, 2.05) is 6.92 Å². The smallest absolute Gasteiger partial charge is 0.0897 e. The van der Waals surface area contributed by atoms with Crippen molar-refractivity contribution in [3.63, 3.8) is 0 Å². The first-order valence-corrected chi connectivity index (χ1v) is 6.27. The molecule has 1 aromatic heterocycles. The van der Waals surface area contributed by atoms with Gasteiger partial charge in [0.15, 0.2) is 0 Å². The molecule has 0 aromatic carbocycles. The summed E-state index contributed by atoms with van der Waals surface area (Å²) in [5.41, 5.74) is 1.21. The first-order valence-electron chi connectivity index (χ1n) is 5.39. The highest BCUT2D eigenvalue weighted by molar-refractivity contribution is 7.09. The molecular weight excluding hydrogens is 208 g/mol. The number of thiazole rings is 1. The average molecular weight is 228 g/mol. The minimum Gasteiger partial charge on any atom is -0.383 e. The third kappa shape index (κ3) is 4.73. The molecule has 0 aliphatic heterocycles. The van der Waals surface area contributed by atoms with Crippen LogP contribution in [-0.4, -0.2) is 31.3 Å². The first kappa shape index (κ1) is 12.6. The lowest BCUT2D eigenvalue weighted by Gasteiger charge is -2.15. The van der Waals surface area contributed by atoms with Gasteiger partial charge < -0.3 is 10.1 Å². The molecule has 0 aliphatic carbocycles. The Kier molecular flexibility index (Phi) is 5.83. The summed E-state index contributed by atoms with van der Waals surface area (Å²) in [6.45, 7) is 5.93. The molecule has 1 N–H and O–H groups in total. The SMILES string of the molecule is CCNC(CCc1csc(C)n1)COC. The number of likely N-dealkylation sites (N-methyl/N-ethyl adjacent to an activating group) is 1. The molecule has 0 radical (unpaired) electrons. The molecule has 0 bridgehead atoms. The Bertz CT molecular complexity index is 269. The molecule has 0 fully saturated rings. The molecule has 1 rings (SSSR count). The Hall–Kier alpha value is -0.450. The average Bonchev–Trinajstić information content (AvgIpc) is 2.61. The van der Waals surface area contributed by atoms with Gasteiger partial charge in [-0.2, -0.15) is 0 Å². The number of aromatic nitrogens is 1. The second kappa shape index (κ2) is 6.93. The molecule has 1 aromatic rings.